The first-order valence-corrected chi connectivity index (χ1v) is 10.6. The summed E-state index contributed by atoms with van der Waals surface area (Å²) in [5.41, 5.74) is 2.36. The van der Waals surface area contributed by atoms with Crippen LogP contribution in [0.25, 0.3) is 10.6 Å². The second-order valence-electron chi connectivity index (χ2n) is 6.74. The number of carbonyl (C=O) groups is 1. The fourth-order valence-corrected chi connectivity index (χ4v) is 3.98. The zero-order valence-electron chi connectivity index (χ0n) is 16.7. The molecular formula is C21H23N5O3S. The molecule has 8 nitrogen and oxygen atoms in total. The van der Waals surface area contributed by atoms with E-state index in [1.54, 1.807) is 24.5 Å². The van der Waals surface area contributed by atoms with E-state index in [9.17, 15) is 4.79 Å². The van der Waals surface area contributed by atoms with E-state index >= 15 is 0 Å². The predicted molar refractivity (Wildman–Crippen MR) is 115 cm³/mol. The minimum atomic E-state index is -0.211. The standard InChI is InChI=1S/C21H23N5O3S/c1-28-17-4-2-15(3-5-17)21-25-16(13-30-21)6-7-22-20(27)18-12-19(24-14-23-18)26-8-10-29-11-9-26/h2-5,12-14H,6-11H2,1H3,(H,22,27). The molecule has 2 aromatic heterocycles. The molecule has 3 aromatic rings. The van der Waals surface area contributed by atoms with Gasteiger partial charge in [0.25, 0.3) is 5.91 Å². The van der Waals surface area contributed by atoms with Crippen molar-refractivity contribution in [2.45, 2.75) is 6.42 Å². The number of carbonyl (C=O) groups excluding carboxylic acids is 1. The highest BCUT2D eigenvalue weighted by atomic mass is 32.1. The molecule has 0 unspecified atom stereocenters. The Labute approximate surface area is 178 Å². The molecule has 4 rings (SSSR count). The molecule has 0 saturated carbocycles. The van der Waals surface area contributed by atoms with Gasteiger partial charge in [0.2, 0.25) is 0 Å². The van der Waals surface area contributed by atoms with Crippen LogP contribution in [0.4, 0.5) is 5.82 Å². The number of ether oxygens (including phenoxy) is 2. The highest BCUT2D eigenvalue weighted by molar-refractivity contribution is 7.13. The summed E-state index contributed by atoms with van der Waals surface area (Å²) in [5, 5.41) is 5.89. The van der Waals surface area contributed by atoms with Gasteiger partial charge in [0.05, 0.1) is 26.0 Å². The molecule has 0 radical (unpaired) electrons. The Morgan fingerprint density at radius 3 is 2.80 bits per heavy atom. The molecule has 1 saturated heterocycles. The highest BCUT2D eigenvalue weighted by Crippen LogP contribution is 2.25. The van der Waals surface area contributed by atoms with Gasteiger partial charge in [-0.05, 0) is 24.3 Å². The van der Waals surface area contributed by atoms with Crippen molar-refractivity contribution in [1.29, 1.82) is 0 Å². The van der Waals surface area contributed by atoms with Gasteiger partial charge in [-0.15, -0.1) is 11.3 Å². The van der Waals surface area contributed by atoms with Gasteiger partial charge in [0.1, 0.15) is 28.6 Å². The fraction of sp³-hybridized carbons (Fsp3) is 0.333. The van der Waals surface area contributed by atoms with E-state index in [1.807, 2.05) is 29.6 Å². The summed E-state index contributed by atoms with van der Waals surface area (Å²) in [6.45, 7) is 3.34. The number of rotatable bonds is 7. The molecule has 3 heterocycles. The van der Waals surface area contributed by atoms with E-state index in [1.165, 1.54) is 6.33 Å². The molecule has 0 bridgehead atoms. The van der Waals surface area contributed by atoms with Crippen molar-refractivity contribution in [3.8, 4) is 16.3 Å². The first kappa shape index (κ1) is 20.2. The van der Waals surface area contributed by atoms with E-state index in [4.69, 9.17) is 9.47 Å². The largest absolute Gasteiger partial charge is 0.497 e. The third-order valence-electron chi connectivity index (χ3n) is 4.78. The number of aromatic nitrogens is 3. The van der Waals surface area contributed by atoms with E-state index in [-0.39, 0.29) is 5.91 Å². The van der Waals surface area contributed by atoms with Gasteiger partial charge in [-0.3, -0.25) is 4.79 Å². The lowest BCUT2D eigenvalue weighted by Crippen LogP contribution is -2.37. The molecule has 1 amide bonds. The van der Waals surface area contributed by atoms with Crippen molar-refractivity contribution in [3.05, 3.63) is 53.4 Å². The van der Waals surface area contributed by atoms with Crippen LogP contribution >= 0.6 is 11.3 Å². The third kappa shape index (κ3) is 4.92. The van der Waals surface area contributed by atoms with E-state index in [0.717, 1.165) is 40.9 Å². The number of benzene rings is 1. The maximum Gasteiger partial charge on any atom is 0.270 e. The van der Waals surface area contributed by atoms with Crippen LogP contribution in [0.15, 0.2) is 42.0 Å². The van der Waals surface area contributed by atoms with Gasteiger partial charge in [-0.25, -0.2) is 15.0 Å². The number of amides is 1. The number of nitrogens with zero attached hydrogens (tertiary/aromatic N) is 4. The zero-order chi connectivity index (χ0) is 20.8. The molecule has 1 aliphatic heterocycles. The van der Waals surface area contributed by atoms with Crippen molar-refractivity contribution in [2.75, 3.05) is 44.9 Å². The SMILES string of the molecule is COc1ccc(-c2nc(CCNC(=O)c3cc(N4CCOCC4)ncn3)cs2)cc1. The molecule has 0 spiro atoms. The molecule has 0 aliphatic carbocycles. The van der Waals surface area contributed by atoms with Crippen LogP contribution in [0.2, 0.25) is 0 Å². The summed E-state index contributed by atoms with van der Waals surface area (Å²) >= 11 is 1.59. The molecule has 30 heavy (non-hydrogen) atoms. The topological polar surface area (TPSA) is 89.5 Å². The Kier molecular flexibility index (Phi) is 6.50. The Hall–Kier alpha value is -3.04. The Balaban J connectivity index is 1.31. The minimum absolute atomic E-state index is 0.211. The summed E-state index contributed by atoms with van der Waals surface area (Å²) in [6.07, 6.45) is 2.08. The maximum atomic E-state index is 12.5. The molecule has 1 fully saturated rings. The fourth-order valence-electron chi connectivity index (χ4n) is 3.12. The summed E-state index contributed by atoms with van der Waals surface area (Å²) in [6, 6.07) is 9.55. The van der Waals surface area contributed by atoms with Crippen LogP contribution < -0.4 is 15.0 Å². The van der Waals surface area contributed by atoms with E-state index in [2.05, 4.69) is 25.2 Å². The molecule has 1 aliphatic rings. The number of thiazole rings is 1. The number of anilines is 1. The van der Waals surface area contributed by atoms with Gasteiger partial charge in [0.15, 0.2) is 0 Å². The maximum absolute atomic E-state index is 12.5. The van der Waals surface area contributed by atoms with Gasteiger partial charge < -0.3 is 19.7 Å². The first-order valence-electron chi connectivity index (χ1n) is 9.75. The van der Waals surface area contributed by atoms with E-state index < -0.39 is 0 Å². The quantitative estimate of drug-likeness (QED) is 0.622. The van der Waals surface area contributed by atoms with Gasteiger partial charge >= 0.3 is 0 Å². The molecule has 9 heteroatoms. The van der Waals surface area contributed by atoms with Crippen LogP contribution in [0.3, 0.4) is 0 Å². The molecule has 156 valence electrons. The van der Waals surface area contributed by atoms with Crippen LogP contribution in [-0.2, 0) is 11.2 Å². The van der Waals surface area contributed by atoms with Crippen molar-refractivity contribution in [2.24, 2.45) is 0 Å². The zero-order valence-corrected chi connectivity index (χ0v) is 17.5. The second-order valence-corrected chi connectivity index (χ2v) is 7.60. The lowest BCUT2D eigenvalue weighted by Gasteiger charge is -2.27. The van der Waals surface area contributed by atoms with Crippen molar-refractivity contribution >= 4 is 23.1 Å². The lowest BCUT2D eigenvalue weighted by molar-refractivity contribution is 0.0949. The van der Waals surface area contributed by atoms with Gasteiger partial charge in [-0.1, -0.05) is 0 Å². The second kappa shape index (κ2) is 9.64. The number of hydrogen-bond donors (Lipinski definition) is 1. The predicted octanol–water partition coefficient (Wildman–Crippen LogP) is 2.42. The molecular weight excluding hydrogens is 402 g/mol. The number of nitrogens with one attached hydrogen (secondary N) is 1. The summed E-state index contributed by atoms with van der Waals surface area (Å²) in [7, 11) is 1.65. The van der Waals surface area contributed by atoms with Crippen LogP contribution in [0, 0.1) is 0 Å². The van der Waals surface area contributed by atoms with Crippen molar-refractivity contribution in [1.82, 2.24) is 20.3 Å². The van der Waals surface area contributed by atoms with Crippen LogP contribution in [-0.4, -0.2) is 60.8 Å². The summed E-state index contributed by atoms with van der Waals surface area (Å²) in [5.74, 6) is 1.36. The van der Waals surface area contributed by atoms with Gasteiger partial charge in [0, 0.05) is 43.1 Å². The Morgan fingerprint density at radius 1 is 1.23 bits per heavy atom. The van der Waals surface area contributed by atoms with Crippen molar-refractivity contribution in [3.63, 3.8) is 0 Å². The molecule has 0 atom stereocenters. The van der Waals surface area contributed by atoms with Crippen LogP contribution in [0.5, 0.6) is 5.75 Å². The number of methoxy groups -OCH3 is 1. The van der Waals surface area contributed by atoms with E-state index in [0.29, 0.717) is 31.9 Å². The molecule has 1 N–H and O–H groups in total. The van der Waals surface area contributed by atoms with Gasteiger partial charge in [-0.2, -0.15) is 0 Å². The molecule has 1 aromatic carbocycles. The number of morpholine rings is 1. The highest BCUT2D eigenvalue weighted by Gasteiger charge is 2.15. The normalized spacial score (nSPS) is 13.8. The summed E-state index contributed by atoms with van der Waals surface area (Å²) < 4.78 is 10.5. The summed E-state index contributed by atoms with van der Waals surface area (Å²) in [4.78, 5) is 27.6. The monoisotopic (exact) mass is 425 g/mol. The number of hydrogen-bond acceptors (Lipinski definition) is 8. The first-order chi connectivity index (χ1) is 14.7. The Bertz CT molecular complexity index is 986. The average Bonchev–Trinajstić information content (AvgIpc) is 3.28. The Morgan fingerprint density at radius 2 is 2.03 bits per heavy atom. The lowest BCUT2D eigenvalue weighted by atomic mass is 10.2. The van der Waals surface area contributed by atoms with Crippen molar-refractivity contribution < 1.29 is 14.3 Å². The third-order valence-corrected chi connectivity index (χ3v) is 5.72. The van der Waals surface area contributed by atoms with Crippen LogP contribution in [0.1, 0.15) is 16.2 Å². The average molecular weight is 426 g/mol. The minimum Gasteiger partial charge on any atom is -0.497 e. The smallest absolute Gasteiger partial charge is 0.270 e.